The summed E-state index contributed by atoms with van der Waals surface area (Å²) in [5.74, 6) is 1.02. The number of nitrogens with one attached hydrogen (secondary N) is 1. The Balaban J connectivity index is 2.00. The van der Waals surface area contributed by atoms with Gasteiger partial charge in [-0.05, 0) is 25.2 Å². The largest absolute Gasteiger partial charge is 0.366 e. The molecule has 2 rings (SSSR count). The van der Waals surface area contributed by atoms with Crippen LogP contribution in [0.25, 0.3) is 0 Å². The fourth-order valence-electron chi connectivity index (χ4n) is 2.30. The van der Waals surface area contributed by atoms with Crippen LogP contribution in [-0.2, 0) is 0 Å². The lowest BCUT2D eigenvalue weighted by Crippen LogP contribution is -2.32. The number of nitrogen functional groups attached to an aromatic ring is 1. The van der Waals surface area contributed by atoms with Crippen LogP contribution < -0.4 is 5.73 Å². The highest BCUT2D eigenvalue weighted by Crippen LogP contribution is 2.20. The number of hydrogen-bond acceptors (Lipinski definition) is 4. The predicted octanol–water partition coefficient (Wildman–Crippen LogP) is 1.04. The fourth-order valence-corrected chi connectivity index (χ4v) is 2.30. The third-order valence-electron chi connectivity index (χ3n) is 3.42. The molecule has 0 aromatic carbocycles. The molecule has 0 saturated carbocycles. The molecule has 1 amide bonds. The maximum Gasteiger partial charge on any atom is 0.291 e. The van der Waals surface area contributed by atoms with Crippen molar-refractivity contribution >= 4 is 11.9 Å². The number of nitrogens with two attached hydrogens (primary N) is 1. The molecule has 1 unspecified atom stereocenters. The van der Waals surface area contributed by atoms with E-state index in [0.29, 0.717) is 0 Å². The average molecular weight is 237 g/mol. The number of carbonyl (C=O) groups is 1. The Bertz CT molecular complexity index is 389. The molecule has 1 aliphatic heterocycles. The zero-order valence-electron chi connectivity index (χ0n) is 10.1. The normalized spacial score (nSPS) is 21.2. The van der Waals surface area contributed by atoms with Crippen LogP contribution in [0.5, 0.6) is 0 Å². The van der Waals surface area contributed by atoms with Crippen LogP contribution >= 0.6 is 0 Å². The van der Waals surface area contributed by atoms with Gasteiger partial charge in [-0.2, -0.15) is 4.98 Å². The SMILES string of the molecule is CCC1CCCN(C(=O)c2nc(N)n[nH]2)CC1. The van der Waals surface area contributed by atoms with Crippen molar-refractivity contribution in [3.05, 3.63) is 5.82 Å². The van der Waals surface area contributed by atoms with Gasteiger partial charge in [0, 0.05) is 13.1 Å². The molecule has 1 atom stereocenters. The Hall–Kier alpha value is -1.59. The minimum Gasteiger partial charge on any atom is -0.366 e. The van der Waals surface area contributed by atoms with E-state index in [0.717, 1.165) is 31.8 Å². The van der Waals surface area contributed by atoms with Gasteiger partial charge in [-0.15, -0.1) is 5.10 Å². The molecule has 1 aromatic heterocycles. The van der Waals surface area contributed by atoms with Crippen molar-refractivity contribution in [1.29, 1.82) is 0 Å². The molecule has 94 valence electrons. The third kappa shape index (κ3) is 2.75. The van der Waals surface area contributed by atoms with Crippen molar-refractivity contribution in [2.24, 2.45) is 5.92 Å². The molecule has 6 heteroatoms. The molecular weight excluding hydrogens is 218 g/mol. The number of rotatable bonds is 2. The van der Waals surface area contributed by atoms with Gasteiger partial charge in [-0.1, -0.05) is 13.3 Å². The third-order valence-corrected chi connectivity index (χ3v) is 3.42. The van der Waals surface area contributed by atoms with Crippen LogP contribution in [0.3, 0.4) is 0 Å². The van der Waals surface area contributed by atoms with E-state index in [-0.39, 0.29) is 17.7 Å². The Morgan fingerprint density at radius 3 is 3.00 bits per heavy atom. The monoisotopic (exact) mass is 237 g/mol. The van der Waals surface area contributed by atoms with Crippen LogP contribution in [0.2, 0.25) is 0 Å². The second kappa shape index (κ2) is 5.16. The Labute approximate surface area is 101 Å². The minimum absolute atomic E-state index is 0.0917. The summed E-state index contributed by atoms with van der Waals surface area (Å²) in [6.07, 6.45) is 4.54. The standard InChI is InChI=1S/C11H19N5O/c1-2-8-4-3-6-16(7-5-8)10(17)9-13-11(12)15-14-9/h8H,2-7H2,1H3,(H3,12,13,14,15). The predicted molar refractivity (Wildman–Crippen MR) is 64.3 cm³/mol. The summed E-state index contributed by atoms with van der Waals surface area (Å²) >= 11 is 0. The van der Waals surface area contributed by atoms with Gasteiger partial charge in [0.1, 0.15) is 0 Å². The number of amides is 1. The van der Waals surface area contributed by atoms with Gasteiger partial charge >= 0.3 is 0 Å². The smallest absolute Gasteiger partial charge is 0.291 e. The summed E-state index contributed by atoms with van der Waals surface area (Å²) in [5, 5.41) is 6.25. The van der Waals surface area contributed by atoms with Crippen molar-refractivity contribution in [3.63, 3.8) is 0 Å². The number of aromatic nitrogens is 3. The van der Waals surface area contributed by atoms with Crippen LogP contribution in [0.15, 0.2) is 0 Å². The highest BCUT2D eigenvalue weighted by molar-refractivity contribution is 5.90. The van der Waals surface area contributed by atoms with E-state index in [2.05, 4.69) is 22.1 Å². The lowest BCUT2D eigenvalue weighted by Gasteiger charge is -2.18. The fraction of sp³-hybridized carbons (Fsp3) is 0.727. The van der Waals surface area contributed by atoms with Crippen molar-refractivity contribution in [1.82, 2.24) is 20.1 Å². The van der Waals surface area contributed by atoms with Crippen molar-refractivity contribution in [2.45, 2.75) is 32.6 Å². The van der Waals surface area contributed by atoms with Gasteiger partial charge in [0.05, 0.1) is 0 Å². The van der Waals surface area contributed by atoms with E-state index in [1.165, 1.54) is 12.8 Å². The molecule has 3 N–H and O–H groups in total. The van der Waals surface area contributed by atoms with Crippen LogP contribution in [0, 0.1) is 5.92 Å². The lowest BCUT2D eigenvalue weighted by molar-refractivity contribution is 0.0748. The first-order valence-corrected chi connectivity index (χ1v) is 6.18. The summed E-state index contributed by atoms with van der Waals surface area (Å²) in [6.45, 7) is 3.81. The van der Waals surface area contributed by atoms with E-state index < -0.39 is 0 Å². The molecule has 1 aromatic rings. The van der Waals surface area contributed by atoms with Crippen LogP contribution in [0.1, 0.15) is 43.2 Å². The summed E-state index contributed by atoms with van der Waals surface area (Å²) in [5.41, 5.74) is 5.40. The molecule has 1 aliphatic rings. The quantitative estimate of drug-likeness (QED) is 0.804. The maximum absolute atomic E-state index is 12.1. The molecule has 0 spiro atoms. The molecule has 6 nitrogen and oxygen atoms in total. The van der Waals surface area contributed by atoms with Crippen molar-refractivity contribution < 1.29 is 4.79 Å². The van der Waals surface area contributed by atoms with E-state index in [4.69, 9.17) is 5.73 Å². The summed E-state index contributed by atoms with van der Waals surface area (Å²) in [7, 11) is 0. The molecular formula is C11H19N5O. The van der Waals surface area contributed by atoms with Gasteiger partial charge in [0.2, 0.25) is 11.8 Å². The van der Waals surface area contributed by atoms with Crippen molar-refractivity contribution in [3.8, 4) is 0 Å². The van der Waals surface area contributed by atoms with E-state index >= 15 is 0 Å². The number of aromatic amines is 1. The number of likely N-dealkylation sites (tertiary alicyclic amines) is 1. The maximum atomic E-state index is 12.1. The number of carbonyl (C=O) groups excluding carboxylic acids is 1. The van der Waals surface area contributed by atoms with Gasteiger partial charge in [-0.3, -0.25) is 9.89 Å². The minimum atomic E-state index is -0.0917. The van der Waals surface area contributed by atoms with Crippen molar-refractivity contribution in [2.75, 3.05) is 18.8 Å². The second-order valence-electron chi connectivity index (χ2n) is 4.54. The molecule has 1 fully saturated rings. The first kappa shape index (κ1) is 11.9. The zero-order chi connectivity index (χ0) is 12.3. The van der Waals surface area contributed by atoms with E-state index in [1.807, 2.05) is 4.90 Å². The molecule has 0 radical (unpaired) electrons. The highest BCUT2D eigenvalue weighted by atomic mass is 16.2. The first-order valence-electron chi connectivity index (χ1n) is 6.18. The number of hydrogen-bond donors (Lipinski definition) is 2. The number of anilines is 1. The van der Waals surface area contributed by atoms with Gasteiger partial charge in [0.25, 0.3) is 5.91 Å². The molecule has 17 heavy (non-hydrogen) atoms. The Morgan fingerprint density at radius 2 is 2.35 bits per heavy atom. The van der Waals surface area contributed by atoms with Crippen LogP contribution in [-0.4, -0.2) is 39.1 Å². The highest BCUT2D eigenvalue weighted by Gasteiger charge is 2.22. The first-order chi connectivity index (χ1) is 8.20. The second-order valence-corrected chi connectivity index (χ2v) is 4.54. The van der Waals surface area contributed by atoms with E-state index in [1.54, 1.807) is 0 Å². The summed E-state index contributed by atoms with van der Waals surface area (Å²) in [6, 6.07) is 0. The number of H-pyrrole nitrogens is 1. The molecule has 0 bridgehead atoms. The molecule has 2 heterocycles. The molecule has 0 aliphatic carbocycles. The van der Waals surface area contributed by atoms with Crippen LogP contribution in [0.4, 0.5) is 5.95 Å². The summed E-state index contributed by atoms with van der Waals surface area (Å²) < 4.78 is 0. The van der Waals surface area contributed by atoms with Gasteiger partial charge in [-0.25, -0.2) is 0 Å². The van der Waals surface area contributed by atoms with Gasteiger partial charge < -0.3 is 10.6 Å². The lowest BCUT2D eigenvalue weighted by atomic mass is 9.98. The number of nitrogens with zero attached hydrogens (tertiary/aromatic N) is 3. The average Bonchev–Trinajstić information content (AvgIpc) is 2.64. The van der Waals surface area contributed by atoms with E-state index in [9.17, 15) is 4.79 Å². The zero-order valence-corrected chi connectivity index (χ0v) is 10.1. The Kier molecular flexibility index (Phi) is 3.61. The van der Waals surface area contributed by atoms with Gasteiger partial charge in [0.15, 0.2) is 0 Å². The Morgan fingerprint density at radius 1 is 1.53 bits per heavy atom. The molecule has 1 saturated heterocycles. The topological polar surface area (TPSA) is 87.9 Å². The summed E-state index contributed by atoms with van der Waals surface area (Å²) in [4.78, 5) is 17.8.